The molecular weight excluding hydrogens is 504 g/mol. The summed E-state index contributed by atoms with van der Waals surface area (Å²) in [6, 6.07) is 1.63. The molecule has 0 radical (unpaired) electrons. The van der Waals surface area contributed by atoms with Crippen molar-refractivity contribution in [3.63, 3.8) is 0 Å². The molecule has 2 unspecified atom stereocenters. The van der Waals surface area contributed by atoms with Crippen molar-refractivity contribution in [3.05, 3.63) is 35.5 Å². The first-order chi connectivity index (χ1) is 17.3. The zero-order valence-corrected chi connectivity index (χ0v) is 21.0. The van der Waals surface area contributed by atoms with E-state index in [0.29, 0.717) is 53.6 Å². The zero-order chi connectivity index (χ0) is 24.9. The molecule has 14 heteroatoms. The zero-order valence-electron chi connectivity index (χ0n) is 19.4. The molecule has 3 aromatic heterocycles. The summed E-state index contributed by atoms with van der Waals surface area (Å²) < 4.78 is 32.8. The SMILES string of the molecule is CCOc1cncc(-c2nnc(C(=O)NC3(c4cc(NS(=O)(=O)C5CC5)ncn4)CC4CC4C3)s2)n1. The molecule has 3 aliphatic carbocycles. The van der Waals surface area contributed by atoms with Crippen molar-refractivity contribution in [2.75, 3.05) is 11.3 Å². The van der Waals surface area contributed by atoms with Crippen molar-refractivity contribution in [3.8, 4) is 16.6 Å². The summed E-state index contributed by atoms with van der Waals surface area (Å²) in [5.74, 6) is 1.24. The summed E-state index contributed by atoms with van der Waals surface area (Å²) in [5, 5.41) is 11.6. The summed E-state index contributed by atoms with van der Waals surface area (Å²) in [6.07, 6.45) is 8.28. The molecule has 0 bridgehead atoms. The Morgan fingerprint density at radius 3 is 2.75 bits per heavy atom. The number of rotatable bonds is 9. The lowest BCUT2D eigenvalue weighted by Crippen LogP contribution is -2.45. The van der Waals surface area contributed by atoms with Gasteiger partial charge in [-0.15, -0.1) is 10.2 Å². The standard InChI is InChI=1S/C22H24N8O4S2/c1-2-34-18-10-23-9-15(26-18)20-28-29-21(35-20)19(31)27-22(7-12-5-13(12)8-22)16-6-17(25-11-24-16)30-36(32,33)14-3-4-14/h6,9-14H,2-5,7-8H2,1H3,(H,27,31)(H,24,25,30). The van der Waals surface area contributed by atoms with Crippen molar-refractivity contribution < 1.29 is 17.9 Å². The topological polar surface area (TPSA) is 162 Å². The Bertz CT molecular complexity index is 1410. The van der Waals surface area contributed by atoms with E-state index in [1.54, 1.807) is 12.3 Å². The smallest absolute Gasteiger partial charge is 0.283 e. The first-order valence-electron chi connectivity index (χ1n) is 11.8. The van der Waals surface area contributed by atoms with E-state index < -0.39 is 15.6 Å². The molecule has 6 rings (SSSR count). The highest BCUT2D eigenvalue weighted by molar-refractivity contribution is 7.93. The molecule has 188 valence electrons. The molecule has 2 atom stereocenters. The second-order valence-electron chi connectivity index (χ2n) is 9.42. The molecule has 12 nitrogen and oxygen atoms in total. The lowest BCUT2D eigenvalue weighted by Gasteiger charge is -2.31. The van der Waals surface area contributed by atoms with Gasteiger partial charge in [-0.05, 0) is 50.9 Å². The third-order valence-corrected chi connectivity index (χ3v) is 9.54. The highest BCUT2D eigenvalue weighted by Crippen LogP contribution is 2.59. The van der Waals surface area contributed by atoms with Gasteiger partial charge in [0.15, 0.2) is 5.01 Å². The fourth-order valence-electron chi connectivity index (χ4n) is 4.80. The number of carbonyl (C=O) groups is 1. The maximum absolute atomic E-state index is 13.3. The van der Waals surface area contributed by atoms with E-state index in [1.165, 1.54) is 12.5 Å². The van der Waals surface area contributed by atoms with Gasteiger partial charge in [0.25, 0.3) is 5.91 Å². The molecule has 1 amide bonds. The van der Waals surface area contributed by atoms with Crippen LogP contribution in [0, 0.1) is 11.8 Å². The van der Waals surface area contributed by atoms with Gasteiger partial charge in [0.05, 0.1) is 35.5 Å². The van der Waals surface area contributed by atoms with Crippen molar-refractivity contribution in [1.82, 2.24) is 35.5 Å². The Kier molecular flexibility index (Phi) is 5.59. The number of sulfonamides is 1. The van der Waals surface area contributed by atoms with Crippen molar-refractivity contribution in [2.24, 2.45) is 11.8 Å². The molecule has 0 saturated heterocycles. The van der Waals surface area contributed by atoms with Crippen LogP contribution >= 0.6 is 11.3 Å². The highest BCUT2D eigenvalue weighted by Gasteiger charge is 2.56. The van der Waals surface area contributed by atoms with Crippen LogP contribution in [0.2, 0.25) is 0 Å². The summed E-state index contributed by atoms with van der Waals surface area (Å²) in [5.41, 5.74) is 0.331. The van der Waals surface area contributed by atoms with Crippen LogP contribution in [0.15, 0.2) is 24.8 Å². The predicted octanol–water partition coefficient (Wildman–Crippen LogP) is 2.14. The van der Waals surface area contributed by atoms with Crippen molar-refractivity contribution in [2.45, 2.75) is 49.8 Å². The van der Waals surface area contributed by atoms with Gasteiger partial charge in [0, 0.05) is 6.07 Å². The number of nitrogens with zero attached hydrogens (tertiary/aromatic N) is 6. The van der Waals surface area contributed by atoms with Crippen molar-refractivity contribution >= 4 is 33.1 Å². The molecular formula is C22H24N8O4S2. The van der Waals surface area contributed by atoms with E-state index in [1.807, 2.05) is 6.92 Å². The van der Waals surface area contributed by atoms with Crippen LogP contribution in [0.25, 0.3) is 10.7 Å². The van der Waals surface area contributed by atoms with E-state index in [0.717, 1.165) is 30.6 Å². The highest BCUT2D eigenvalue weighted by atomic mass is 32.2. The lowest BCUT2D eigenvalue weighted by atomic mass is 9.89. The summed E-state index contributed by atoms with van der Waals surface area (Å²) in [6.45, 7) is 2.31. The average Bonchev–Trinajstić information content (AvgIpc) is 3.76. The number of fused-ring (bicyclic) bond motifs is 1. The number of nitrogens with one attached hydrogen (secondary N) is 2. The van der Waals surface area contributed by atoms with Gasteiger partial charge in [-0.1, -0.05) is 11.3 Å². The first-order valence-corrected chi connectivity index (χ1v) is 14.2. The number of ether oxygens (including phenoxy) is 1. The number of hydrogen-bond donors (Lipinski definition) is 2. The van der Waals surface area contributed by atoms with Crippen LogP contribution in [-0.2, 0) is 15.6 Å². The van der Waals surface area contributed by atoms with Gasteiger partial charge in [0.2, 0.25) is 20.9 Å². The quantitative estimate of drug-likeness (QED) is 0.421. The van der Waals surface area contributed by atoms with Gasteiger partial charge in [-0.3, -0.25) is 14.5 Å². The van der Waals surface area contributed by atoms with E-state index in [4.69, 9.17) is 4.74 Å². The lowest BCUT2D eigenvalue weighted by molar-refractivity contribution is 0.0887. The second kappa shape index (κ2) is 8.69. The minimum atomic E-state index is -3.46. The van der Waals surface area contributed by atoms with Crippen LogP contribution in [0.1, 0.15) is 54.5 Å². The number of aromatic nitrogens is 6. The second-order valence-corrected chi connectivity index (χ2v) is 12.4. The third-order valence-electron chi connectivity index (χ3n) is 6.75. The van der Waals surface area contributed by atoms with E-state index in [9.17, 15) is 13.2 Å². The number of carbonyl (C=O) groups excluding carboxylic acids is 1. The molecule has 3 aromatic rings. The van der Waals surface area contributed by atoms with E-state index in [-0.39, 0.29) is 22.0 Å². The minimum absolute atomic E-state index is 0.192. The summed E-state index contributed by atoms with van der Waals surface area (Å²) >= 11 is 1.11. The molecule has 3 saturated carbocycles. The minimum Gasteiger partial charge on any atom is -0.477 e. The molecule has 0 aromatic carbocycles. The average molecular weight is 529 g/mol. The number of anilines is 1. The monoisotopic (exact) mass is 528 g/mol. The Labute approximate surface area is 211 Å². The first kappa shape index (κ1) is 23.2. The maximum Gasteiger partial charge on any atom is 0.283 e. The molecule has 2 N–H and O–H groups in total. The third kappa shape index (κ3) is 4.50. The Balaban J connectivity index is 1.24. The van der Waals surface area contributed by atoms with Crippen LogP contribution in [0.5, 0.6) is 5.88 Å². The van der Waals surface area contributed by atoms with Crippen molar-refractivity contribution in [1.29, 1.82) is 0 Å². The van der Waals surface area contributed by atoms with Gasteiger partial charge in [-0.2, -0.15) is 0 Å². The number of hydrogen-bond acceptors (Lipinski definition) is 11. The summed E-state index contributed by atoms with van der Waals surface area (Å²) in [4.78, 5) is 30.3. The van der Waals surface area contributed by atoms with E-state index in [2.05, 4.69) is 40.2 Å². The Hall–Kier alpha value is -3.26. The van der Waals surface area contributed by atoms with Crippen LogP contribution < -0.4 is 14.8 Å². The molecule has 3 aliphatic rings. The summed E-state index contributed by atoms with van der Waals surface area (Å²) in [7, 11) is -3.46. The van der Waals surface area contributed by atoms with Crippen LogP contribution in [0.4, 0.5) is 5.82 Å². The van der Waals surface area contributed by atoms with Gasteiger partial charge in [-0.25, -0.2) is 23.4 Å². The number of amides is 1. The molecule has 3 heterocycles. The predicted molar refractivity (Wildman–Crippen MR) is 130 cm³/mol. The van der Waals surface area contributed by atoms with Crippen LogP contribution in [-0.4, -0.2) is 56.3 Å². The normalized spacial score (nSPS) is 24.7. The molecule has 0 aliphatic heterocycles. The van der Waals surface area contributed by atoms with E-state index >= 15 is 0 Å². The van der Waals surface area contributed by atoms with Gasteiger partial charge < -0.3 is 10.1 Å². The maximum atomic E-state index is 13.3. The largest absolute Gasteiger partial charge is 0.477 e. The molecule has 36 heavy (non-hydrogen) atoms. The van der Waals surface area contributed by atoms with Gasteiger partial charge in [0.1, 0.15) is 17.8 Å². The molecule has 0 spiro atoms. The fourth-order valence-corrected chi connectivity index (χ4v) is 6.82. The molecule has 3 fully saturated rings. The Morgan fingerprint density at radius 1 is 1.19 bits per heavy atom. The van der Waals surface area contributed by atoms with Crippen LogP contribution in [0.3, 0.4) is 0 Å². The van der Waals surface area contributed by atoms with Gasteiger partial charge >= 0.3 is 0 Å². The Morgan fingerprint density at radius 2 is 2.00 bits per heavy atom. The fraction of sp³-hybridized carbons (Fsp3) is 0.500.